The van der Waals surface area contributed by atoms with Crippen molar-refractivity contribution in [2.45, 2.75) is 47.6 Å². The number of nitrogens with one attached hydrogen (secondary N) is 1. The predicted octanol–water partition coefficient (Wildman–Crippen LogP) is 4.50. The maximum atomic E-state index is 9.76. The summed E-state index contributed by atoms with van der Waals surface area (Å²) in [6.07, 6.45) is 0. The first kappa shape index (κ1) is 15.4. The highest BCUT2D eigenvalue weighted by atomic mass is 16.3. The Kier molecular flexibility index (Phi) is 4.21. The Morgan fingerprint density at radius 1 is 0.952 bits per heavy atom. The molecule has 0 bridgehead atoms. The van der Waals surface area contributed by atoms with Crippen molar-refractivity contribution in [2.24, 2.45) is 0 Å². The molecule has 21 heavy (non-hydrogen) atoms. The Hall–Kier alpha value is -2.03. The summed E-state index contributed by atoms with van der Waals surface area (Å²) in [6, 6.07) is 6.08. The summed E-state index contributed by atoms with van der Waals surface area (Å²) in [5, 5.41) is 13.3. The maximum absolute atomic E-state index is 9.76. The van der Waals surface area contributed by atoms with E-state index in [1.165, 1.54) is 11.1 Å². The summed E-state index contributed by atoms with van der Waals surface area (Å²) in [5.41, 5.74) is 7.60. The molecule has 3 heteroatoms. The zero-order valence-corrected chi connectivity index (χ0v) is 13.7. The molecule has 0 aliphatic heterocycles. The van der Waals surface area contributed by atoms with E-state index in [9.17, 15) is 5.11 Å². The molecule has 1 heterocycles. The number of benzene rings is 1. The third-order valence-electron chi connectivity index (χ3n) is 3.93. The van der Waals surface area contributed by atoms with Crippen LogP contribution >= 0.6 is 0 Å². The van der Waals surface area contributed by atoms with Crippen LogP contribution in [0.15, 0.2) is 18.2 Å². The lowest BCUT2D eigenvalue weighted by Crippen LogP contribution is -2.12. The lowest BCUT2D eigenvalue weighted by molar-refractivity contribution is 0.470. The first-order valence-corrected chi connectivity index (χ1v) is 7.31. The molecule has 1 unspecified atom stereocenters. The van der Waals surface area contributed by atoms with E-state index in [2.05, 4.69) is 37.1 Å². The third-order valence-corrected chi connectivity index (χ3v) is 3.93. The van der Waals surface area contributed by atoms with Gasteiger partial charge in [0.05, 0.1) is 6.04 Å². The van der Waals surface area contributed by atoms with E-state index in [0.29, 0.717) is 5.75 Å². The van der Waals surface area contributed by atoms with Gasteiger partial charge in [0, 0.05) is 17.1 Å². The van der Waals surface area contributed by atoms with Crippen LogP contribution in [0.5, 0.6) is 5.75 Å². The van der Waals surface area contributed by atoms with E-state index in [4.69, 9.17) is 0 Å². The van der Waals surface area contributed by atoms with Gasteiger partial charge in [0.15, 0.2) is 0 Å². The van der Waals surface area contributed by atoms with E-state index in [1.54, 1.807) is 6.07 Å². The molecule has 1 aromatic carbocycles. The van der Waals surface area contributed by atoms with Gasteiger partial charge in [-0.25, -0.2) is 0 Å². The quantitative estimate of drug-likeness (QED) is 0.816. The highest BCUT2D eigenvalue weighted by molar-refractivity contribution is 5.58. The van der Waals surface area contributed by atoms with Crippen molar-refractivity contribution in [2.75, 3.05) is 5.32 Å². The second-order valence-corrected chi connectivity index (χ2v) is 5.90. The monoisotopic (exact) mass is 284 g/mol. The highest BCUT2D eigenvalue weighted by Crippen LogP contribution is 2.30. The highest BCUT2D eigenvalue weighted by Gasteiger charge is 2.14. The maximum Gasteiger partial charge on any atom is 0.118 e. The van der Waals surface area contributed by atoms with E-state index in [-0.39, 0.29) is 6.04 Å². The van der Waals surface area contributed by atoms with Crippen molar-refractivity contribution in [1.82, 2.24) is 4.98 Å². The Balaban J connectivity index is 2.35. The largest absolute Gasteiger partial charge is 0.508 e. The number of rotatable bonds is 3. The zero-order chi connectivity index (χ0) is 15.7. The molecule has 2 rings (SSSR count). The minimum absolute atomic E-state index is 0.167. The van der Waals surface area contributed by atoms with Gasteiger partial charge in [-0.1, -0.05) is 0 Å². The molecule has 1 aromatic heterocycles. The molecule has 0 radical (unpaired) electrons. The zero-order valence-electron chi connectivity index (χ0n) is 13.7. The Bertz CT molecular complexity index is 654. The number of phenolic OH excluding ortho intramolecular Hbond substituents is 1. The number of phenols is 1. The van der Waals surface area contributed by atoms with Crippen LogP contribution in [0.25, 0.3) is 0 Å². The smallest absolute Gasteiger partial charge is 0.118 e. The third kappa shape index (κ3) is 3.18. The first-order valence-electron chi connectivity index (χ1n) is 7.31. The predicted molar refractivity (Wildman–Crippen MR) is 88.1 cm³/mol. The SMILES string of the molecule is Cc1cc(C)c(C(C)Nc2cc(C)c(O)cc2C)c(C)n1. The van der Waals surface area contributed by atoms with E-state index in [1.807, 2.05) is 26.8 Å². The fraction of sp³-hybridized carbons (Fsp3) is 0.389. The van der Waals surface area contributed by atoms with Crippen LogP contribution in [-0.2, 0) is 0 Å². The summed E-state index contributed by atoms with van der Waals surface area (Å²) in [6.45, 7) is 12.3. The lowest BCUT2D eigenvalue weighted by atomic mass is 9.99. The van der Waals surface area contributed by atoms with E-state index < -0.39 is 0 Å². The Morgan fingerprint density at radius 3 is 2.24 bits per heavy atom. The standard InChI is InChI=1S/C18H24N2O/c1-10-9-17(21)11(2)8-16(10)20-15(6)18-12(3)7-13(4)19-14(18)5/h7-9,15,20-21H,1-6H3. The van der Waals surface area contributed by atoms with Gasteiger partial charge in [0.25, 0.3) is 0 Å². The van der Waals surface area contributed by atoms with Crippen LogP contribution in [0, 0.1) is 34.6 Å². The molecule has 0 amide bonds. The topological polar surface area (TPSA) is 45.1 Å². The fourth-order valence-corrected chi connectivity index (χ4v) is 2.95. The normalized spacial score (nSPS) is 12.3. The average Bonchev–Trinajstić information content (AvgIpc) is 2.34. The summed E-state index contributed by atoms with van der Waals surface area (Å²) in [5.74, 6) is 0.343. The second kappa shape index (κ2) is 5.76. The average molecular weight is 284 g/mol. The van der Waals surface area contributed by atoms with Gasteiger partial charge in [0.1, 0.15) is 5.75 Å². The molecule has 0 aliphatic rings. The molecule has 0 aliphatic carbocycles. The van der Waals surface area contributed by atoms with Crippen molar-refractivity contribution in [3.8, 4) is 5.75 Å². The van der Waals surface area contributed by atoms with Gasteiger partial charge >= 0.3 is 0 Å². The van der Waals surface area contributed by atoms with Crippen molar-refractivity contribution in [3.63, 3.8) is 0 Å². The number of pyridine rings is 1. The van der Waals surface area contributed by atoms with Crippen LogP contribution in [0.2, 0.25) is 0 Å². The Morgan fingerprint density at radius 2 is 1.62 bits per heavy atom. The minimum Gasteiger partial charge on any atom is -0.508 e. The van der Waals surface area contributed by atoms with Crippen molar-refractivity contribution in [1.29, 1.82) is 0 Å². The van der Waals surface area contributed by atoms with Gasteiger partial charge in [-0.2, -0.15) is 0 Å². The summed E-state index contributed by atoms with van der Waals surface area (Å²) >= 11 is 0. The fourth-order valence-electron chi connectivity index (χ4n) is 2.95. The Labute approximate surface area is 127 Å². The summed E-state index contributed by atoms with van der Waals surface area (Å²) in [7, 11) is 0. The van der Waals surface area contributed by atoms with E-state index >= 15 is 0 Å². The molecule has 3 nitrogen and oxygen atoms in total. The molecule has 112 valence electrons. The molecule has 2 N–H and O–H groups in total. The number of aromatic hydroxyl groups is 1. The number of anilines is 1. The molecule has 0 saturated heterocycles. The summed E-state index contributed by atoms with van der Waals surface area (Å²) < 4.78 is 0. The molecule has 0 spiro atoms. The van der Waals surface area contributed by atoms with Crippen molar-refractivity contribution in [3.05, 3.63) is 51.8 Å². The second-order valence-electron chi connectivity index (χ2n) is 5.90. The number of hydrogen-bond acceptors (Lipinski definition) is 3. The molecule has 1 atom stereocenters. The number of nitrogens with zero attached hydrogens (tertiary/aromatic N) is 1. The van der Waals surface area contributed by atoms with Gasteiger partial charge < -0.3 is 10.4 Å². The molecule has 0 saturated carbocycles. The van der Waals surface area contributed by atoms with Crippen LogP contribution < -0.4 is 5.32 Å². The first-order chi connectivity index (χ1) is 9.79. The van der Waals surface area contributed by atoms with Crippen LogP contribution in [0.3, 0.4) is 0 Å². The number of aromatic nitrogens is 1. The van der Waals surface area contributed by atoms with Crippen LogP contribution in [0.1, 0.15) is 46.6 Å². The number of hydrogen-bond donors (Lipinski definition) is 2. The lowest BCUT2D eigenvalue weighted by Gasteiger charge is -2.22. The summed E-state index contributed by atoms with van der Waals surface area (Å²) in [4.78, 5) is 4.57. The van der Waals surface area contributed by atoms with Gasteiger partial charge in [-0.15, -0.1) is 0 Å². The van der Waals surface area contributed by atoms with E-state index in [0.717, 1.165) is 28.2 Å². The van der Waals surface area contributed by atoms with Crippen LogP contribution in [0.4, 0.5) is 5.69 Å². The van der Waals surface area contributed by atoms with Gasteiger partial charge in [-0.05, 0) is 82.0 Å². The van der Waals surface area contributed by atoms with Gasteiger partial charge in [0.2, 0.25) is 0 Å². The van der Waals surface area contributed by atoms with Gasteiger partial charge in [-0.3, -0.25) is 4.98 Å². The van der Waals surface area contributed by atoms with Crippen LogP contribution in [-0.4, -0.2) is 10.1 Å². The number of aryl methyl sites for hydroxylation is 5. The molecule has 2 aromatic rings. The molecule has 0 fully saturated rings. The minimum atomic E-state index is 0.167. The molecular weight excluding hydrogens is 260 g/mol. The van der Waals surface area contributed by atoms with Crippen molar-refractivity contribution >= 4 is 5.69 Å². The molecular formula is C18H24N2O. The van der Waals surface area contributed by atoms with Crippen molar-refractivity contribution < 1.29 is 5.11 Å².